The number of benzene rings is 2. The monoisotopic (exact) mass is 465 g/mol. The fraction of sp³-hybridized carbons (Fsp3) is 0.0500. The third-order valence-corrected chi connectivity index (χ3v) is 4.49. The van der Waals surface area contributed by atoms with Crippen LogP contribution in [-0.4, -0.2) is 27.7 Å². The highest BCUT2D eigenvalue weighted by molar-refractivity contribution is 6.06. The lowest BCUT2D eigenvalue weighted by Gasteiger charge is -2.12. The van der Waals surface area contributed by atoms with E-state index in [1.54, 1.807) is 0 Å². The van der Waals surface area contributed by atoms with Crippen LogP contribution in [0.5, 0.6) is 0 Å². The fourth-order valence-electron chi connectivity index (χ4n) is 2.97. The van der Waals surface area contributed by atoms with Crippen molar-refractivity contribution < 1.29 is 37.1 Å². The number of amides is 3. The minimum Gasteiger partial charge on any atom is -0.464 e. The molecule has 0 saturated carbocycles. The maximum Gasteiger partial charge on any atom is 0.417 e. The number of primary amides is 1. The minimum atomic E-state index is -4.72. The Hall–Kier alpha value is -4.55. The number of carbonyl (C=O) groups excluding carboxylic acids is 2. The molecule has 1 aromatic heterocycles. The summed E-state index contributed by atoms with van der Waals surface area (Å²) in [4.78, 5) is 35.1. The molecule has 2 aromatic carbocycles. The van der Waals surface area contributed by atoms with Crippen LogP contribution in [0.2, 0.25) is 0 Å². The van der Waals surface area contributed by atoms with Gasteiger partial charge in [-0.05, 0) is 35.9 Å². The SMILES string of the molecule is NC(=O)c1c(-c2ccc(NC(=O)Nc3cc(C(F)(F)F)ccc3F)cc2)cn(C(=O)O)c1N. The van der Waals surface area contributed by atoms with Crippen LogP contribution < -0.4 is 22.1 Å². The van der Waals surface area contributed by atoms with E-state index in [4.69, 9.17) is 16.6 Å². The van der Waals surface area contributed by atoms with Gasteiger partial charge < -0.3 is 27.2 Å². The first kappa shape index (κ1) is 23.1. The highest BCUT2D eigenvalue weighted by Gasteiger charge is 2.31. The molecule has 0 aliphatic heterocycles. The molecule has 0 saturated heterocycles. The van der Waals surface area contributed by atoms with E-state index in [9.17, 15) is 31.9 Å². The zero-order valence-corrected chi connectivity index (χ0v) is 16.4. The second-order valence-electron chi connectivity index (χ2n) is 6.67. The first-order chi connectivity index (χ1) is 15.4. The van der Waals surface area contributed by atoms with Crippen molar-refractivity contribution >= 4 is 35.2 Å². The molecule has 0 unspecified atom stereocenters. The number of anilines is 3. The number of carboxylic acid groups (broad SMARTS) is 1. The summed E-state index contributed by atoms with van der Waals surface area (Å²) in [6.07, 6.45) is -5.05. The molecule has 0 radical (unpaired) electrons. The number of nitrogens with two attached hydrogens (primary N) is 2. The third kappa shape index (κ3) is 4.87. The van der Waals surface area contributed by atoms with Gasteiger partial charge in [-0.15, -0.1) is 0 Å². The lowest BCUT2D eigenvalue weighted by atomic mass is 10.0. The predicted octanol–water partition coefficient (Wildman–Crippen LogP) is 4.16. The normalized spacial score (nSPS) is 11.2. The van der Waals surface area contributed by atoms with Crippen LogP contribution in [0.25, 0.3) is 11.1 Å². The van der Waals surface area contributed by atoms with Gasteiger partial charge in [0.15, 0.2) is 0 Å². The first-order valence-electron chi connectivity index (χ1n) is 8.97. The van der Waals surface area contributed by atoms with E-state index in [-0.39, 0.29) is 22.6 Å². The third-order valence-electron chi connectivity index (χ3n) is 4.49. The maximum absolute atomic E-state index is 13.8. The topological polar surface area (TPSA) is 152 Å². The average molecular weight is 465 g/mol. The molecule has 3 rings (SSSR count). The van der Waals surface area contributed by atoms with Crippen molar-refractivity contribution in [2.24, 2.45) is 5.73 Å². The molecule has 3 amide bonds. The zero-order valence-electron chi connectivity index (χ0n) is 16.4. The van der Waals surface area contributed by atoms with Gasteiger partial charge in [0.1, 0.15) is 11.6 Å². The highest BCUT2D eigenvalue weighted by atomic mass is 19.4. The first-order valence-corrected chi connectivity index (χ1v) is 8.97. The predicted molar refractivity (Wildman–Crippen MR) is 110 cm³/mol. The second kappa shape index (κ2) is 8.53. The Morgan fingerprint density at radius 2 is 1.64 bits per heavy atom. The van der Waals surface area contributed by atoms with Crippen molar-refractivity contribution in [3.05, 3.63) is 65.6 Å². The van der Waals surface area contributed by atoms with Gasteiger partial charge in [0.25, 0.3) is 5.91 Å². The number of nitrogen functional groups attached to an aromatic ring is 1. The number of rotatable bonds is 4. The molecule has 3 aromatic rings. The molecule has 0 atom stereocenters. The van der Waals surface area contributed by atoms with Crippen molar-refractivity contribution in [3.8, 4) is 11.1 Å². The molecular formula is C20H15F4N5O4. The standard InChI is InChI=1S/C20H15F4N5O4/c21-13-6-3-10(20(22,23)24)7-14(13)28-18(31)27-11-4-1-9(2-5-11)12-8-29(19(32)33)16(25)15(12)17(26)30/h1-8H,25H2,(H2,26,30)(H,32,33)(H2,27,28,31). The zero-order chi connectivity index (χ0) is 24.5. The molecule has 7 N–H and O–H groups in total. The average Bonchev–Trinajstić information content (AvgIpc) is 3.07. The molecule has 9 nitrogen and oxygen atoms in total. The van der Waals surface area contributed by atoms with Crippen LogP contribution in [0, 0.1) is 5.82 Å². The van der Waals surface area contributed by atoms with Crippen molar-refractivity contribution in [2.75, 3.05) is 16.4 Å². The van der Waals surface area contributed by atoms with E-state index in [1.165, 1.54) is 24.3 Å². The summed E-state index contributed by atoms with van der Waals surface area (Å²) in [6, 6.07) is 6.11. The molecule has 0 aliphatic rings. The fourth-order valence-corrected chi connectivity index (χ4v) is 2.97. The minimum absolute atomic E-state index is 0.129. The van der Waals surface area contributed by atoms with Crippen LogP contribution >= 0.6 is 0 Å². The van der Waals surface area contributed by atoms with Crippen LogP contribution in [0.3, 0.4) is 0 Å². The Labute approximate surface area is 182 Å². The van der Waals surface area contributed by atoms with E-state index in [0.29, 0.717) is 28.3 Å². The number of hydrogen-bond donors (Lipinski definition) is 5. The number of carbonyl (C=O) groups is 3. The summed E-state index contributed by atoms with van der Waals surface area (Å²) in [7, 11) is 0. The van der Waals surface area contributed by atoms with Crippen LogP contribution in [0.4, 0.5) is 44.3 Å². The molecule has 33 heavy (non-hydrogen) atoms. The Balaban J connectivity index is 1.80. The summed E-state index contributed by atoms with van der Waals surface area (Å²) >= 11 is 0. The smallest absolute Gasteiger partial charge is 0.417 e. The van der Waals surface area contributed by atoms with E-state index >= 15 is 0 Å². The Bertz CT molecular complexity index is 1250. The van der Waals surface area contributed by atoms with E-state index < -0.39 is 41.3 Å². The van der Waals surface area contributed by atoms with Gasteiger partial charge in [-0.1, -0.05) is 12.1 Å². The Morgan fingerprint density at radius 1 is 1.00 bits per heavy atom. The lowest BCUT2D eigenvalue weighted by Crippen LogP contribution is -2.20. The van der Waals surface area contributed by atoms with Gasteiger partial charge in [0.2, 0.25) is 0 Å². The van der Waals surface area contributed by atoms with Crippen LogP contribution in [0.15, 0.2) is 48.7 Å². The number of halogens is 4. The number of hydrogen-bond acceptors (Lipinski definition) is 4. The van der Waals surface area contributed by atoms with Crippen molar-refractivity contribution in [2.45, 2.75) is 6.18 Å². The molecule has 13 heteroatoms. The van der Waals surface area contributed by atoms with Crippen LogP contribution in [-0.2, 0) is 6.18 Å². The number of alkyl halides is 3. The van der Waals surface area contributed by atoms with Gasteiger partial charge in [0.05, 0.1) is 16.8 Å². The molecule has 172 valence electrons. The summed E-state index contributed by atoms with van der Waals surface area (Å²) < 4.78 is 52.8. The van der Waals surface area contributed by atoms with E-state index in [1.807, 2.05) is 5.32 Å². The Kier molecular flexibility index (Phi) is 5.98. The molecular weight excluding hydrogens is 450 g/mol. The number of urea groups is 1. The van der Waals surface area contributed by atoms with Gasteiger partial charge in [-0.25, -0.2) is 18.5 Å². The quantitative estimate of drug-likeness (QED) is 0.366. The largest absolute Gasteiger partial charge is 0.464 e. The van der Waals surface area contributed by atoms with Crippen molar-refractivity contribution in [1.82, 2.24) is 4.57 Å². The van der Waals surface area contributed by atoms with Gasteiger partial charge >= 0.3 is 18.3 Å². The summed E-state index contributed by atoms with van der Waals surface area (Å²) in [5.41, 5.74) is 9.58. The van der Waals surface area contributed by atoms with Gasteiger partial charge in [-0.3, -0.25) is 4.79 Å². The number of nitrogens with one attached hydrogen (secondary N) is 2. The Morgan fingerprint density at radius 3 is 2.18 bits per heavy atom. The van der Waals surface area contributed by atoms with Gasteiger partial charge in [-0.2, -0.15) is 13.2 Å². The molecule has 0 spiro atoms. The molecule has 0 bridgehead atoms. The molecule has 0 fully saturated rings. The summed E-state index contributed by atoms with van der Waals surface area (Å²) in [5, 5.41) is 13.5. The number of aromatic nitrogens is 1. The van der Waals surface area contributed by atoms with Crippen molar-refractivity contribution in [3.63, 3.8) is 0 Å². The summed E-state index contributed by atoms with van der Waals surface area (Å²) in [6.45, 7) is 0. The van der Waals surface area contributed by atoms with Crippen LogP contribution in [0.1, 0.15) is 15.9 Å². The summed E-state index contributed by atoms with van der Waals surface area (Å²) in [5.74, 6) is -2.38. The molecule has 0 aliphatic carbocycles. The van der Waals surface area contributed by atoms with E-state index in [2.05, 4.69) is 5.32 Å². The lowest BCUT2D eigenvalue weighted by molar-refractivity contribution is -0.137. The maximum atomic E-state index is 13.8. The highest BCUT2D eigenvalue weighted by Crippen LogP contribution is 2.32. The molecule has 1 heterocycles. The van der Waals surface area contributed by atoms with E-state index in [0.717, 1.165) is 6.20 Å². The van der Waals surface area contributed by atoms with Gasteiger partial charge in [0, 0.05) is 17.4 Å². The van der Waals surface area contributed by atoms with Crippen molar-refractivity contribution in [1.29, 1.82) is 0 Å². The number of nitrogens with zero attached hydrogens (tertiary/aromatic N) is 1. The second-order valence-corrected chi connectivity index (χ2v) is 6.67.